The van der Waals surface area contributed by atoms with Crippen LogP contribution in [0.25, 0.3) is 0 Å². The maximum atomic E-state index is 11.5. The zero-order chi connectivity index (χ0) is 14.5. The normalized spacial score (nSPS) is 16.9. The number of hydrogen-bond acceptors (Lipinski definition) is 5. The van der Waals surface area contributed by atoms with Crippen molar-refractivity contribution < 1.29 is 4.21 Å². The molecule has 1 aromatic rings. The van der Waals surface area contributed by atoms with Gasteiger partial charge in [0.15, 0.2) is 0 Å². The fourth-order valence-corrected chi connectivity index (χ4v) is 3.27. The second-order valence-electron chi connectivity index (χ2n) is 5.33. The summed E-state index contributed by atoms with van der Waals surface area (Å²) in [6.07, 6.45) is 1.93. The molecular weight excluding hydrogens is 272 g/mol. The van der Waals surface area contributed by atoms with E-state index in [0.29, 0.717) is 5.92 Å². The molecular formula is C14H24N4OS. The molecule has 1 aromatic heterocycles. The average molecular weight is 296 g/mol. The maximum Gasteiger partial charge on any atom is 0.131 e. The molecule has 1 aliphatic rings. The summed E-state index contributed by atoms with van der Waals surface area (Å²) >= 11 is 0. The van der Waals surface area contributed by atoms with E-state index in [1.807, 2.05) is 6.20 Å². The second kappa shape index (κ2) is 7.13. The molecule has 0 amide bonds. The molecule has 1 saturated heterocycles. The molecule has 0 spiro atoms. The Morgan fingerprint density at radius 2 is 2.10 bits per heavy atom. The third-order valence-electron chi connectivity index (χ3n) is 3.44. The van der Waals surface area contributed by atoms with Crippen LogP contribution in [0.15, 0.2) is 6.20 Å². The van der Waals surface area contributed by atoms with Gasteiger partial charge in [0.2, 0.25) is 0 Å². The Morgan fingerprint density at radius 3 is 2.70 bits per heavy atom. The number of rotatable bonds is 5. The van der Waals surface area contributed by atoms with Crippen molar-refractivity contribution >= 4 is 16.5 Å². The highest BCUT2D eigenvalue weighted by Gasteiger charge is 2.20. The SMILES string of the molecule is CCNCc1nc(C(C)C)ncc1N1CCS(=O)CC1. The summed E-state index contributed by atoms with van der Waals surface area (Å²) in [6.45, 7) is 9.64. The molecule has 1 N–H and O–H groups in total. The molecule has 5 nitrogen and oxygen atoms in total. The van der Waals surface area contributed by atoms with Crippen LogP contribution < -0.4 is 10.2 Å². The predicted molar refractivity (Wildman–Crippen MR) is 83.6 cm³/mol. The molecule has 2 heterocycles. The van der Waals surface area contributed by atoms with Gasteiger partial charge in [0.05, 0.1) is 17.6 Å². The van der Waals surface area contributed by atoms with Crippen LogP contribution in [0.5, 0.6) is 0 Å². The van der Waals surface area contributed by atoms with Crippen molar-refractivity contribution in [3.05, 3.63) is 17.7 Å². The first-order valence-electron chi connectivity index (χ1n) is 7.28. The Balaban J connectivity index is 2.23. The van der Waals surface area contributed by atoms with E-state index in [1.54, 1.807) is 0 Å². The van der Waals surface area contributed by atoms with Gasteiger partial charge in [0, 0.05) is 47.9 Å². The zero-order valence-electron chi connectivity index (χ0n) is 12.6. The monoisotopic (exact) mass is 296 g/mol. The number of nitrogens with one attached hydrogen (secondary N) is 1. The van der Waals surface area contributed by atoms with E-state index in [2.05, 4.69) is 36.0 Å². The van der Waals surface area contributed by atoms with Gasteiger partial charge in [-0.05, 0) is 6.54 Å². The zero-order valence-corrected chi connectivity index (χ0v) is 13.4. The smallest absolute Gasteiger partial charge is 0.131 e. The van der Waals surface area contributed by atoms with Crippen molar-refractivity contribution in [3.63, 3.8) is 0 Å². The van der Waals surface area contributed by atoms with Crippen molar-refractivity contribution in [2.24, 2.45) is 0 Å². The third-order valence-corrected chi connectivity index (χ3v) is 4.72. The number of nitrogens with zero attached hydrogens (tertiary/aromatic N) is 3. The van der Waals surface area contributed by atoms with Gasteiger partial charge in [-0.2, -0.15) is 0 Å². The first-order chi connectivity index (χ1) is 9.61. The van der Waals surface area contributed by atoms with Crippen LogP contribution in [-0.2, 0) is 17.3 Å². The Labute approximate surface area is 123 Å². The standard InChI is InChI=1S/C14H24N4OS/c1-4-15-9-12-13(10-16-14(17-12)11(2)3)18-5-7-20(19)8-6-18/h10-11,15H,4-9H2,1-3H3. The van der Waals surface area contributed by atoms with Gasteiger partial charge in [0.25, 0.3) is 0 Å². The van der Waals surface area contributed by atoms with Crippen molar-refractivity contribution in [2.75, 3.05) is 36.0 Å². The van der Waals surface area contributed by atoms with Crippen LogP contribution in [0.1, 0.15) is 38.2 Å². The van der Waals surface area contributed by atoms with Crippen molar-refractivity contribution in [1.29, 1.82) is 0 Å². The van der Waals surface area contributed by atoms with Gasteiger partial charge in [0.1, 0.15) is 5.82 Å². The number of aromatic nitrogens is 2. The summed E-state index contributed by atoms with van der Waals surface area (Å²) in [5, 5.41) is 3.34. The molecule has 1 fully saturated rings. The van der Waals surface area contributed by atoms with E-state index in [4.69, 9.17) is 4.98 Å². The second-order valence-corrected chi connectivity index (χ2v) is 7.03. The first kappa shape index (κ1) is 15.4. The molecule has 0 aliphatic carbocycles. The molecule has 0 radical (unpaired) electrons. The van der Waals surface area contributed by atoms with Gasteiger partial charge in [-0.3, -0.25) is 4.21 Å². The maximum absolute atomic E-state index is 11.5. The molecule has 1 aliphatic heterocycles. The highest BCUT2D eigenvalue weighted by Crippen LogP contribution is 2.21. The van der Waals surface area contributed by atoms with Gasteiger partial charge < -0.3 is 10.2 Å². The lowest BCUT2D eigenvalue weighted by Gasteiger charge is -2.29. The van der Waals surface area contributed by atoms with Crippen LogP contribution in [0, 0.1) is 0 Å². The highest BCUT2D eigenvalue weighted by atomic mass is 32.2. The summed E-state index contributed by atoms with van der Waals surface area (Å²) in [5.41, 5.74) is 2.14. The topological polar surface area (TPSA) is 58.1 Å². The Bertz CT molecular complexity index is 468. The van der Waals surface area contributed by atoms with Crippen LogP contribution in [0.4, 0.5) is 5.69 Å². The first-order valence-corrected chi connectivity index (χ1v) is 8.77. The lowest BCUT2D eigenvalue weighted by atomic mass is 10.2. The van der Waals surface area contributed by atoms with Gasteiger partial charge in [-0.25, -0.2) is 9.97 Å². The lowest BCUT2D eigenvalue weighted by molar-refractivity contribution is 0.665. The van der Waals surface area contributed by atoms with Crippen LogP contribution in [0.3, 0.4) is 0 Å². The van der Waals surface area contributed by atoms with E-state index >= 15 is 0 Å². The number of anilines is 1. The Morgan fingerprint density at radius 1 is 1.40 bits per heavy atom. The molecule has 0 unspecified atom stereocenters. The summed E-state index contributed by atoms with van der Waals surface area (Å²) < 4.78 is 11.5. The van der Waals surface area contributed by atoms with Gasteiger partial charge in [-0.15, -0.1) is 0 Å². The highest BCUT2D eigenvalue weighted by molar-refractivity contribution is 7.85. The fraction of sp³-hybridized carbons (Fsp3) is 0.714. The molecule has 0 saturated carbocycles. The quantitative estimate of drug-likeness (QED) is 0.887. The molecule has 0 aromatic carbocycles. The lowest BCUT2D eigenvalue weighted by Crippen LogP contribution is -2.38. The number of hydrogen-bond donors (Lipinski definition) is 1. The van der Waals surface area contributed by atoms with E-state index in [1.165, 1.54) is 0 Å². The van der Waals surface area contributed by atoms with E-state index in [-0.39, 0.29) is 0 Å². The van der Waals surface area contributed by atoms with Crippen LogP contribution >= 0.6 is 0 Å². The molecule has 112 valence electrons. The fourth-order valence-electron chi connectivity index (χ4n) is 2.22. The molecule has 2 rings (SSSR count). The molecule has 20 heavy (non-hydrogen) atoms. The van der Waals surface area contributed by atoms with E-state index < -0.39 is 10.8 Å². The molecule has 0 atom stereocenters. The van der Waals surface area contributed by atoms with Gasteiger partial charge in [-0.1, -0.05) is 20.8 Å². The van der Waals surface area contributed by atoms with Gasteiger partial charge >= 0.3 is 0 Å². The molecule has 0 bridgehead atoms. The van der Waals surface area contributed by atoms with Crippen molar-refractivity contribution in [2.45, 2.75) is 33.2 Å². The van der Waals surface area contributed by atoms with Crippen molar-refractivity contribution in [1.82, 2.24) is 15.3 Å². The largest absolute Gasteiger partial charge is 0.367 e. The third kappa shape index (κ3) is 3.76. The van der Waals surface area contributed by atoms with E-state index in [9.17, 15) is 4.21 Å². The van der Waals surface area contributed by atoms with Crippen LogP contribution in [-0.4, -0.2) is 45.3 Å². The summed E-state index contributed by atoms with van der Waals surface area (Å²) in [5.74, 6) is 2.71. The minimum Gasteiger partial charge on any atom is -0.367 e. The predicted octanol–water partition coefficient (Wildman–Crippen LogP) is 1.28. The minimum atomic E-state index is -0.656. The summed E-state index contributed by atoms with van der Waals surface area (Å²) in [4.78, 5) is 11.5. The Hall–Kier alpha value is -1.01. The Kier molecular flexibility index (Phi) is 5.48. The van der Waals surface area contributed by atoms with Crippen molar-refractivity contribution in [3.8, 4) is 0 Å². The summed E-state index contributed by atoms with van der Waals surface area (Å²) in [6, 6.07) is 0. The molecule has 6 heteroatoms. The summed E-state index contributed by atoms with van der Waals surface area (Å²) in [7, 11) is -0.656. The average Bonchev–Trinajstić information content (AvgIpc) is 2.45. The van der Waals surface area contributed by atoms with Crippen LogP contribution in [0.2, 0.25) is 0 Å². The van der Waals surface area contributed by atoms with E-state index in [0.717, 1.165) is 54.9 Å². The minimum absolute atomic E-state index is 0.332.